The zero-order valence-electron chi connectivity index (χ0n) is 10.4. The van der Waals surface area contributed by atoms with E-state index in [0.717, 1.165) is 7.11 Å². The molecule has 1 atom stereocenters. The van der Waals surface area contributed by atoms with E-state index in [1.165, 1.54) is 0 Å². The number of esters is 1. The second-order valence-electron chi connectivity index (χ2n) is 3.80. The molecule has 0 saturated heterocycles. The Hall–Kier alpha value is -1.48. The van der Waals surface area contributed by atoms with Gasteiger partial charge in [-0.25, -0.2) is 0 Å². The van der Waals surface area contributed by atoms with E-state index >= 15 is 0 Å². The van der Waals surface area contributed by atoms with Crippen LogP contribution in [0.25, 0.3) is 0 Å². The maximum atomic E-state index is 12.7. The summed E-state index contributed by atoms with van der Waals surface area (Å²) in [4.78, 5) is 11.2. The van der Waals surface area contributed by atoms with Crippen molar-refractivity contribution in [2.24, 2.45) is 5.73 Å². The highest BCUT2D eigenvalue weighted by molar-refractivity contribution is 5.85. The Morgan fingerprint density at radius 3 is 2.05 bits per heavy atom. The van der Waals surface area contributed by atoms with Gasteiger partial charge in [0.05, 0.1) is 18.2 Å². The first-order chi connectivity index (χ1) is 8.98. The van der Waals surface area contributed by atoms with Crippen molar-refractivity contribution in [3.8, 4) is 0 Å². The maximum absolute atomic E-state index is 12.7. The van der Waals surface area contributed by atoms with Crippen LogP contribution in [0.15, 0.2) is 18.2 Å². The molecule has 120 valence electrons. The Morgan fingerprint density at radius 1 is 1.14 bits per heavy atom. The fraction of sp³-hybridized carbons (Fsp3) is 0.364. The molecule has 3 nitrogen and oxygen atoms in total. The Labute approximate surface area is 121 Å². The maximum Gasteiger partial charge on any atom is 0.416 e. The molecule has 0 aliphatic heterocycles. The lowest BCUT2D eigenvalue weighted by atomic mass is 9.97. The molecular formula is C11H10ClF6NO2. The molecule has 0 amide bonds. The normalized spacial score (nSPS) is 13.3. The molecule has 0 radical (unpaired) electrons. The number of methoxy groups -OCH3 is 1. The number of carbonyl (C=O) groups excluding carboxylic acids is 1. The zero-order valence-corrected chi connectivity index (χ0v) is 11.2. The van der Waals surface area contributed by atoms with Gasteiger partial charge in [0.25, 0.3) is 0 Å². The van der Waals surface area contributed by atoms with Gasteiger partial charge in [-0.15, -0.1) is 12.4 Å². The van der Waals surface area contributed by atoms with Crippen LogP contribution in [0.4, 0.5) is 26.3 Å². The summed E-state index contributed by atoms with van der Waals surface area (Å²) in [6.45, 7) is 0. The number of benzene rings is 1. The first-order valence-corrected chi connectivity index (χ1v) is 5.10. The molecule has 21 heavy (non-hydrogen) atoms. The van der Waals surface area contributed by atoms with E-state index in [4.69, 9.17) is 5.73 Å². The molecular weight excluding hydrogens is 328 g/mol. The summed E-state index contributed by atoms with van der Waals surface area (Å²) in [6.07, 6.45) is -9.79. The lowest BCUT2D eigenvalue weighted by molar-refractivity contribution is -0.145. The van der Waals surface area contributed by atoms with Gasteiger partial charge in [0.1, 0.15) is 6.04 Å². The molecule has 0 aromatic heterocycles. The molecule has 0 bridgehead atoms. The SMILES string of the molecule is COC(=O)[C@H](N)c1cc(C(F)(F)F)ccc1C(F)(F)F.Cl. The van der Waals surface area contributed by atoms with Crippen molar-refractivity contribution in [3.05, 3.63) is 34.9 Å². The summed E-state index contributed by atoms with van der Waals surface area (Å²) in [6, 6.07) is -1.25. The molecule has 0 aliphatic carbocycles. The quantitative estimate of drug-likeness (QED) is 0.665. The van der Waals surface area contributed by atoms with Gasteiger partial charge in [-0.3, -0.25) is 4.79 Å². The van der Waals surface area contributed by atoms with E-state index in [1.807, 2.05) is 0 Å². The summed E-state index contributed by atoms with van der Waals surface area (Å²) in [7, 11) is 0.864. The number of carbonyl (C=O) groups is 1. The number of hydrogen-bond acceptors (Lipinski definition) is 3. The minimum atomic E-state index is -4.94. The van der Waals surface area contributed by atoms with E-state index in [2.05, 4.69) is 4.74 Å². The standard InChI is InChI=1S/C11H9F6NO2.ClH/c1-20-9(19)8(18)6-4-5(10(12,13)14)2-3-7(6)11(15,16)17;/h2-4,8H,18H2,1H3;1H/t8-;/m1./s1. The third-order valence-corrected chi connectivity index (χ3v) is 2.47. The number of alkyl halides is 6. The number of hydrogen-bond donors (Lipinski definition) is 1. The molecule has 10 heteroatoms. The van der Waals surface area contributed by atoms with E-state index in [9.17, 15) is 31.1 Å². The Morgan fingerprint density at radius 2 is 1.67 bits per heavy atom. The van der Waals surface area contributed by atoms with E-state index < -0.39 is 41.1 Å². The largest absolute Gasteiger partial charge is 0.468 e. The van der Waals surface area contributed by atoms with E-state index in [0.29, 0.717) is 0 Å². The van der Waals surface area contributed by atoms with Crippen LogP contribution >= 0.6 is 12.4 Å². The Bertz CT molecular complexity index is 514. The van der Waals surface area contributed by atoms with Gasteiger partial charge in [0.2, 0.25) is 0 Å². The Kier molecular flexibility index (Phi) is 6.06. The van der Waals surface area contributed by atoms with E-state index in [1.54, 1.807) is 0 Å². The van der Waals surface area contributed by atoms with Crippen molar-refractivity contribution in [1.29, 1.82) is 0 Å². The average molecular weight is 338 g/mol. The molecule has 0 aliphatic rings. The van der Waals surface area contributed by atoms with Crippen LogP contribution in [0.3, 0.4) is 0 Å². The van der Waals surface area contributed by atoms with Crippen LogP contribution in [0.1, 0.15) is 22.7 Å². The van der Waals surface area contributed by atoms with Crippen molar-refractivity contribution < 1.29 is 35.9 Å². The van der Waals surface area contributed by atoms with Gasteiger partial charge in [-0.05, 0) is 23.8 Å². The number of ether oxygens (including phenoxy) is 1. The van der Waals surface area contributed by atoms with Crippen LogP contribution in [0, 0.1) is 0 Å². The summed E-state index contributed by atoms with van der Waals surface area (Å²) < 4.78 is 79.8. The molecule has 2 N–H and O–H groups in total. The number of nitrogens with two attached hydrogens (primary N) is 1. The highest BCUT2D eigenvalue weighted by Gasteiger charge is 2.39. The van der Waals surface area contributed by atoms with Crippen LogP contribution in [-0.2, 0) is 21.9 Å². The topological polar surface area (TPSA) is 52.3 Å². The summed E-state index contributed by atoms with van der Waals surface area (Å²) in [5.41, 5.74) is 1.48. The lowest BCUT2D eigenvalue weighted by Crippen LogP contribution is -2.26. The molecule has 0 fully saturated rings. The minimum absolute atomic E-state index is 0. The molecule has 0 unspecified atom stereocenters. The summed E-state index contributed by atoms with van der Waals surface area (Å²) in [5.74, 6) is -1.27. The van der Waals surface area contributed by atoms with Crippen LogP contribution in [-0.4, -0.2) is 13.1 Å². The monoisotopic (exact) mass is 337 g/mol. The van der Waals surface area contributed by atoms with Gasteiger partial charge in [0.15, 0.2) is 0 Å². The third kappa shape index (κ3) is 4.50. The van der Waals surface area contributed by atoms with Gasteiger partial charge in [-0.1, -0.05) is 0 Å². The average Bonchev–Trinajstić information content (AvgIpc) is 2.34. The van der Waals surface area contributed by atoms with Crippen LogP contribution < -0.4 is 5.73 Å². The summed E-state index contributed by atoms with van der Waals surface area (Å²) in [5, 5.41) is 0. The fourth-order valence-corrected chi connectivity index (χ4v) is 1.51. The predicted molar refractivity (Wildman–Crippen MR) is 62.6 cm³/mol. The van der Waals surface area contributed by atoms with Crippen molar-refractivity contribution in [1.82, 2.24) is 0 Å². The lowest BCUT2D eigenvalue weighted by Gasteiger charge is -2.18. The van der Waals surface area contributed by atoms with Crippen molar-refractivity contribution in [3.63, 3.8) is 0 Å². The van der Waals surface area contributed by atoms with Gasteiger partial charge < -0.3 is 10.5 Å². The van der Waals surface area contributed by atoms with Crippen LogP contribution in [0.5, 0.6) is 0 Å². The third-order valence-electron chi connectivity index (χ3n) is 2.47. The van der Waals surface area contributed by atoms with E-state index in [-0.39, 0.29) is 30.6 Å². The fourth-order valence-electron chi connectivity index (χ4n) is 1.51. The van der Waals surface area contributed by atoms with Crippen molar-refractivity contribution >= 4 is 18.4 Å². The van der Waals surface area contributed by atoms with Gasteiger partial charge >= 0.3 is 18.3 Å². The smallest absolute Gasteiger partial charge is 0.416 e. The Balaban J connectivity index is 0.00000400. The highest BCUT2D eigenvalue weighted by atomic mass is 35.5. The van der Waals surface area contributed by atoms with Crippen molar-refractivity contribution in [2.45, 2.75) is 18.4 Å². The first-order valence-electron chi connectivity index (χ1n) is 5.10. The predicted octanol–water partition coefficient (Wildman–Crippen LogP) is 3.32. The van der Waals surface area contributed by atoms with Crippen LogP contribution in [0.2, 0.25) is 0 Å². The molecule has 0 heterocycles. The molecule has 1 rings (SSSR count). The number of halogens is 7. The molecule has 0 saturated carbocycles. The molecule has 1 aromatic rings. The van der Waals surface area contributed by atoms with Crippen molar-refractivity contribution in [2.75, 3.05) is 7.11 Å². The highest BCUT2D eigenvalue weighted by Crippen LogP contribution is 2.38. The second-order valence-corrected chi connectivity index (χ2v) is 3.80. The summed E-state index contributed by atoms with van der Waals surface area (Å²) >= 11 is 0. The van der Waals surface area contributed by atoms with Gasteiger partial charge in [0, 0.05) is 0 Å². The number of rotatable bonds is 2. The zero-order chi connectivity index (χ0) is 15.7. The first kappa shape index (κ1) is 19.5. The minimum Gasteiger partial charge on any atom is -0.468 e. The second kappa shape index (κ2) is 6.52. The molecule has 1 aromatic carbocycles. The van der Waals surface area contributed by atoms with Gasteiger partial charge in [-0.2, -0.15) is 26.3 Å². The molecule has 0 spiro atoms.